The number of rotatable bonds is 4. The number of amides is 2. The first kappa shape index (κ1) is 14.6. The van der Waals surface area contributed by atoms with Gasteiger partial charge in [0, 0.05) is 12.6 Å². The first-order chi connectivity index (χ1) is 8.40. The van der Waals surface area contributed by atoms with Crippen LogP contribution in [0.4, 0.5) is 4.79 Å². The van der Waals surface area contributed by atoms with Crippen molar-refractivity contribution in [1.82, 2.24) is 10.6 Å². The van der Waals surface area contributed by atoms with Gasteiger partial charge in [-0.3, -0.25) is 0 Å². The summed E-state index contributed by atoms with van der Waals surface area (Å²) in [5, 5.41) is 5.71. The smallest absolute Gasteiger partial charge is 0.315 e. The van der Waals surface area contributed by atoms with E-state index in [2.05, 4.69) is 49.6 Å². The van der Waals surface area contributed by atoms with Gasteiger partial charge in [-0.15, -0.1) is 0 Å². The fourth-order valence-electron chi connectivity index (χ4n) is 1.73. The van der Waals surface area contributed by atoms with Crippen LogP contribution >= 0.6 is 0 Å². The second-order valence-corrected chi connectivity index (χ2v) is 5.32. The van der Waals surface area contributed by atoms with E-state index in [1.807, 2.05) is 13.8 Å². The molecule has 0 radical (unpaired) electrons. The van der Waals surface area contributed by atoms with E-state index in [4.69, 9.17) is 0 Å². The zero-order chi connectivity index (χ0) is 13.7. The third kappa shape index (κ3) is 4.40. The van der Waals surface area contributed by atoms with Gasteiger partial charge in [-0.25, -0.2) is 4.79 Å². The molecule has 1 rings (SSSR count). The number of nitrogens with one attached hydrogen (secondary N) is 2. The summed E-state index contributed by atoms with van der Waals surface area (Å²) < 4.78 is 0. The van der Waals surface area contributed by atoms with Crippen LogP contribution in [-0.4, -0.2) is 12.1 Å². The molecule has 0 aliphatic heterocycles. The molecule has 0 heterocycles. The highest BCUT2D eigenvalue weighted by atomic mass is 16.2. The lowest BCUT2D eigenvalue weighted by Gasteiger charge is -2.13. The maximum absolute atomic E-state index is 11.5. The normalized spacial score (nSPS) is 10.8. The van der Waals surface area contributed by atoms with E-state index in [0.29, 0.717) is 12.5 Å². The van der Waals surface area contributed by atoms with Crippen LogP contribution < -0.4 is 10.6 Å². The van der Waals surface area contributed by atoms with Gasteiger partial charge >= 0.3 is 6.03 Å². The van der Waals surface area contributed by atoms with Crippen LogP contribution in [0.1, 0.15) is 50.3 Å². The quantitative estimate of drug-likeness (QED) is 0.843. The molecule has 0 aromatic heterocycles. The summed E-state index contributed by atoms with van der Waals surface area (Å²) in [6, 6.07) is 6.49. The van der Waals surface area contributed by atoms with E-state index >= 15 is 0 Å². The van der Waals surface area contributed by atoms with Gasteiger partial charge in [-0.1, -0.05) is 32.0 Å². The second-order valence-electron chi connectivity index (χ2n) is 5.32. The minimum atomic E-state index is -0.112. The van der Waals surface area contributed by atoms with Gasteiger partial charge in [-0.2, -0.15) is 0 Å². The van der Waals surface area contributed by atoms with Crippen LogP contribution in [0, 0.1) is 6.92 Å². The average molecular weight is 248 g/mol. The lowest BCUT2D eigenvalue weighted by atomic mass is 9.98. The van der Waals surface area contributed by atoms with Crippen molar-refractivity contribution >= 4 is 6.03 Å². The minimum absolute atomic E-state index is 0.112. The molecule has 0 unspecified atom stereocenters. The molecule has 0 atom stereocenters. The predicted octanol–water partition coefficient (Wildman–Crippen LogP) is 3.33. The average Bonchev–Trinajstić information content (AvgIpc) is 2.26. The first-order valence-electron chi connectivity index (χ1n) is 6.54. The number of benzene rings is 1. The number of carbonyl (C=O) groups is 1. The van der Waals surface area contributed by atoms with E-state index < -0.39 is 0 Å². The van der Waals surface area contributed by atoms with Crippen LogP contribution in [-0.2, 0) is 6.54 Å². The second kappa shape index (κ2) is 6.43. The highest BCUT2D eigenvalue weighted by Gasteiger charge is 2.06. The van der Waals surface area contributed by atoms with E-state index in [9.17, 15) is 4.79 Å². The third-order valence-corrected chi connectivity index (χ3v) is 2.90. The highest BCUT2D eigenvalue weighted by Crippen LogP contribution is 2.18. The molecule has 2 N–H and O–H groups in total. The Hall–Kier alpha value is -1.51. The first-order valence-corrected chi connectivity index (χ1v) is 6.54. The molecule has 0 spiro atoms. The summed E-state index contributed by atoms with van der Waals surface area (Å²) in [5.74, 6) is 0.508. The fraction of sp³-hybridized carbons (Fsp3) is 0.533. The van der Waals surface area contributed by atoms with Crippen molar-refractivity contribution in [2.24, 2.45) is 0 Å². The zero-order valence-electron chi connectivity index (χ0n) is 12.0. The summed E-state index contributed by atoms with van der Waals surface area (Å²) in [7, 11) is 0. The Morgan fingerprint density at radius 3 is 2.44 bits per heavy atom. The van der Waals surface area contributed by atoms with Gasteiger partial charge in [0.05, 0.1) is 0 Å². The van der Waals surface area contributed by atoms with Crippen molar-refractivity contribution in [3.63, 3.8) is 0 Å². The Morgan fingerprint density at radius 1 is 1.22 bits per heavy atom. The molecular formula is C15H24N2O. The lowest BCUT2D eigenvalue weighted by Crippen LogP contribution is -2.39. The van der Waals surface area contributed by atoms with Crippen LogP contribution in [0.25, 0.3) is 0 Å². The Morgan fingerprint density at radius 2 is 1.89 bits per heavy atom. The van der Waals surface area contributed by atoms with Crippen LogP contribution in [0.3, 0.4) is 0 Å². The Labute approximate surface area is 110 Å². The molecule has 2 amide bonds. The molecule has 0 aliphatic rings. The molecule has 18 heavy (non-hydrogen) atoms. The Kier molecular flexibility index (Phi) is 5.20. The highest BCUT2D eigenvalue weighted by molar-refractivity contribution is 5.74. The van der Waals surface area contributed by atoms with Crippen molar-refractivity contribution in [3.05, 3.63) is 34.9 Å². The molecule has 3 heteroatoms. The molecule has 1 aromatic rings. The summed E-state index contributed by atoms with van der Waals surface area (Å²) in [6.07, 6.45) is 0. The van der Waals surface area contributed by atoms with Crippen LogP contribution in [0.15, 0.2) is 18.2 Å². The third-order valence-electron chi connectivity index (χ3n) is 2.90. The number of carbonyl (C=O) groups excluding carboxylic acids is 1. The zero-order valence-corrected chi connectivity index (χ0v) is 12.0. The van der Waals surface area contributed by atoms with Crippen LogP contribution in [0.2, 0.25) is 0 Å². The Bertz CT molecular complexity index is 411. The van der Waals surface area contributed by atoms with Gasteiger partial charge in [0.15, 0.2) is 0 Å². The molecule has 100 valence electrons. The summed E-state index contributed by atoms with van der Waals surface area (Å²) >= 11 is 0. The van der Waals surface area contributed by atoms with E-state index in [1.54, 1.807) is 0 Å². The van der Waals surface area contributed by atoms with Gasteiger partial charge in [0.2, 0.25) is 0 Å². The van der Waals surface area contributed by atoms with E-state index in [-0.39, 0.29) is 12.1 Å². The van der Waals surface area contributed by atoms with E-state index in [0.717, 1.165) is 0 Å². The molecule has 0 bridgehead atoms. The Balaban J connectivity index is 2.66. The van der Waals surface area contributed by atoms with Crippen molar-refractivity contribution in [3.8, 4) is 0 Å². The molecule has 0 fully saturated rings. The van der Waals surface area contributed by atoms with Gasteiger partial charge < -0.3 is 10.6 Å². The summed E-state index contributed by atoms with van der Waals surface area (Å²) in [4.78, 5) is 11.5. The molecule has 0 saturated heterocycles. The fourth-order valence-corrected chi connectivity index (χ4v) is 1.73. The molecule has 0 saturated carbocycles. The van der Waals surface area contributed by atoms with Gasteiger partial charge in [0.1, 0.15) is 0 Å². The van der Waals surface area contributed by atoms with Crippen LogP contribution in [0.5, 0.6) is 0 Å². The van der Waals surface area contributed by atoms with E-state index in [1.165, 1.54) is 16.7 Å². The molecule has 0 aliphatic carbocycles. The minimum Gasteiger partial charge on any atom is -0.336 e. The van der Waals surface area contributed by atoms with Crippen molar-refractivity contribution < 1.29 is 4.79 Å². The molecule has 1 aromatic carbocycles. The number of aryl methyl sites for hydroxylation is 1. The van der Waals surface area contributed by atoms with Crippen molar-refractivity contribution in [2.45, 2.75) is 53.1 Å². The largest absolute Gasteiger partial charge is 0.336 e. The summed E-state index contributed by atoms with van der Waals surface area (Å²) in [5.41, 5.74) is 3.70. The standard InChI is InChI=1S/C15H24N2O/c1-10(2)13-7-6-12(5)14(8-13)9-16-15(18)17-11(3)4/h6-8,10-11H,9H2,1-5H3,(H2,16,17,18). The SMILES string of the molecule is Cc1ccc(C(C)C)cc1CNC(=O)NC(C)C. The topological polar surface area (TPSA) is 41.1 Å². The maximum Gasteiger partial charge on any atom is 0.315 e. The number of hydrogen-bond acceptors (Lipinski definition) is 1. The predicted molar refractivity (Wildman–Crippen MR) is 75.8 cm³/mol. The lowest BCUT2D eigenvalue weighted by molar-refractivity contribution is 0.238. The van der Waals surface area contributed by atoms with Crippen molar-refractivity contribution in [1.29, 1.82) is 0 Å². The van der Waals surface area contributed by atoms with Crippen molar-refractivity contribution in [2.75, 3.05) is 0 Å². The molecule has 3 nitrogen and oxygen atoms in total. The number of urea groups is 1. The monoisotopic (exact) mass is 248 g/mol. The molecular weight excluding hydrogens is 224 g/mol. The van der Waals surface area contributed by atoms with Gasteiger partial charge in [-0.05, 0) is 43.4 Å². The summed E-state index contributed by atoms with van der Waals surface area (Å²) in [6.45, 7) is 10.9. The maximum atomic E-state index is 11.5. The number of hydrogen-bond donors (Lipinski definition) is 2. The van der Waals surface area contributed by atoms with Gasteiger partial charge in [0.25, 0.3) is 0 Å².